The highest BCUT2D eigenvalue weighted by atomic mass is 32.1. The fourth-order valence-electron chi connectivity index (χ4n) is 4.13. The maximum absolute atomic E-state index is 13.0. The van der Waals surface area contributed by atoms with E-state index in [9.17, 15) is 10.1 Å². The Labute approximate surface area is 192 Å². The number of benzene rings is 1. The molecule has 164 valence electrons. The van der Waals surface area contributed by atoms with E-state index >= 15 is 0 Å². The number of thiazole rings is 1. The van der Waals surface area contributed by atoms with Gasteiger partial charge in [0.25, 0.3) is 0 Å². The van der Waals surface area contributed by atoms with E-state index in [1.54, 1.807) is 6.07 Å². The van der Waals surface area contributed by atoms with Gasteiger partial charge in [-0.1, -0.05) is 23.5 Å². The van der Waals surface area contributed by atoms with E-state index in [-0.39, 0.29) is 18.1 Å². The average Bonchev–Trinajstić information content (AvgIpc) is 3.16. The molecule has 3 heterocycles. The number of rotatable bonds is 3. The highest BCUT2D eigenvalue weighted by Crippen LogP contribution is 2.39. The zero-order valence-electron chi connectivity index (χ0n) is 18.6. The van der Waals surface area contributed by atoms with Crippen LogP contribution < -0.4 is 10.6 Å². The van der Waals surface area contributed by atoms with Crippen LogP contribution in [0.1, 0.15) is 30.8 Å². The first-order valence-electron chi connectivity index (χ1n) is 10.6. The van der Waals surface area contributed by atoms with Crippen LogP contribution in [0.25, 0.3) is 21.7 Å². The van der Waals surface area contributed by atoms with Crippen molar-refractivity contribution in [3.63, 3.8) is 0 Å². The number of aryl methyl sites for hydroxylation is 2. The number of hydrogen-bond acceptors (Lipinski definition) is 6. The monoisotopic (exact) mass is 446 g/mol. The van der Waals surface area contributed by atoms with Crippen LogP contribution in [0.15, 0.2) is 36.4 Å². The molecule has 2 N–H and O–H groups in total. The highest BCUT2D eigenvalue weighted by Gasteiger charge is 2.26. The summed E-state index contributed by atoms with van der Waals surface area (Å²) in [6, 6.07) is 13.9. The molecule has 0 radical (unpaired) electrons. The van der Waals surface area contributed by atoms with Crippen LogP contribution >= 0.6 is 11.3 Å². The number of amides is 2. The lowest BCUT2D eigenvalue weighted by Crippen LogP contribution is -2.56. The Kier molecular flexibility index (Phi) is 6.21. The number of urea groups is 1. The second-order valence-electron chi connectivity index (χ2n) is 8.33. The number of carbonyl (C=O) groups is 1. The van der Waals surface area contributed by atoms with Crippen molar-refractivity contribution in [3.05, 3.63) is 53.3 Å². The number of aromatic nitrogens is 2. The molecule has 1 aromatic carbocycles. The average molecular weight is 447 g/mol. The molecule has 3 aromatic rings. The van der Waals surface area contributed by atoms with Gasteiger partial charge in [0.05, 0.1) is 22.2 Å². The van der Waals surface area contributed by atoms with Crippen LogP contribution in [0.4, 0.5) is 9.93 Å². The number of nitrogens with one attached hydrogen (secondary N) is 2. The third kappa shape index (κ3) is 4.79. The second-order valence-corrected chi connectivity index (χ2v) is 9.33. The Morgan fingerprint density at radius 2 is 1.81 bits per heavy atom. The zero-order valence-corrected chi connectivity index (χ0v) is 19.5. The first kappa shape index (κ1) is 21.9. The van der Waals surface area contributed by atoms with E-state index in [1.165, 1.54) is 11.3 Å². The lowest BCUT2D eigenvalue weighted by atomic mass is 10.0. The standard InChI is InChI=1S/C24H26N6OS/c1-14-8-20(9-15(2)26-14)22-21(19-7-5-6-18(10-19)11-25)28-23(32-22)29-24(31)30-12-16(3)27-17(4)13-30/h5-10,16-17,27H,12-13H2,1-4H3,(H,28,29,31). The molecule has 1 saturated heterocycles. The maximum Gasteiger partial charge on any atom is 0.323 e. The first-order chi connectivity index (χ1) is 15.3. The largest absolute Gasteiger partial charge is 0.323 e. The smallest absolute Gasteiger partial charge is 0.321 e. The summed E-state index contributed by atoms with van der Waals surface area (Å²) in [6.07, 6.45) is 0. The van der Waals surface area contributed by atoms with E-state index in [1.807, 2.05) is 49.1 Å². The second kappa shape index (κ2) is 9.07. The molecule has 32 heavy (non-hydrogen) atoms. The van der Waals surface area contributed by atoms with E-state index in [2.05, 4.69) is 35.5 Å². The number of carbonyl (C=O) groups excluding carboxylic acids is 1. The van der Waals surface area contributed by atoms with Gasteiger partial charge in [0.1, 0.15) is 0 Å². The van der Waals surface area contributed by atoms with Gasteiger partial charge in [-0.2, -0.15) is 5.26 Å². The summed E-state index contributed by atoms with van der Waals surface area (Å²) in [5.74, 6) is 0. The fourth-order valence-corrected chi connectivity index (χ4v) is 5.09. The number of pyridine rings is 1. The minimum absolute atomic E-state index is 0.148. The van der Waals surface area contributed by atoms with Crippen molar-refractivity contribution in [1.82, 2.24) is 20.2 Å². The van der Waals surface area contributed by atoms with Gasteiger partial charge in [0.15, 0.2) is 5.13 Å². The Morgan fingerprint density at radius 3 is 2.47 bits per heavy atom. The van der Waals surface area contributed by atoms with Gasteiger partial charge < -0.3 is 10.2 Å². The van der Waals surface area contributed by atoms with Crippen molar-refractivity contribution in [1.29, 1.82) is 5.26 Å². The summed E-state index contributed by atoms with van der Waals surface area (Å²) in [5, 5.41) is 16.3. The Balaban J connectivity index is 1.72. The number of anilines is 1. The van der Waals surface area contributed by atoms with Crippen LogP contribution in [0.2, 0.25) is 0 Å². The van der Waals surface area contributed by atoms with Gasteiger partial charge in [-0.3, -0.25) is 10.3 Å². The predicted molar refractivity (Wildman–Crippen MR) is 128 cm³/mol. The minimum Gasteiger partial charge on any atom is -0.321 e. The number of nitrogens with zero attached hydrogens (tertiary/aromatic N) is 4. The summed E-state index contributed by atoms with van der Waals surface area (Å²) in [6.45, 7) is 9.37. The molecule has 1 aliphatic rings. The van der Waals surface area contributed by atoms with E-state index in [4.69, 9.17) is 4.98 Å². The van der Waals surface area contributed by atoms with Crippen LogP contribution in [0.5, 0.6) is 0 Å². The van der Waals surface area contributed by atoms with E-state index < -0.39 is 0 Å². The molecular formula is C24H26N6OS. The molecule has 1 aliphatic heterocycles. The SMILES string of the molecule is Cc1cc(-c2sc(NC(=O)N3CC(C)NC(C)C3)nc2-c2cccc(C#N)c2)cc(C)n1. The van der Waals surface area contributed by atoms with Gasteiger partial charge in [-0.15, -0.1) is 0 Å². The molecular weight excluding hydrogens is 420 g/mol. The molecule has 7 nitrogen and oxygen atoms in total. The molecule has 4 rings (SSSR count). The Morgan fingerprint density at radius 1 is 1.12 bits per heavy atom. The maximum atomic E-state index is 13.0. The third-order valence-corrected chi connectivity index (χ3v) is 6.31. The zero-order chi connectivity index (χ0) is 22.8. The molecule has 2 amide bonds. The topological polar surface area (TPSA) is 93.9 Å². The molecule has 1 fully saturated rings. The fraction of sp³-hybridized carbons (Fsp3) is 0.333. The van der Waals surface area contributed by atoms with Gasteiger partial charge in [0, 0.05) is 42.1 Å². The minimum atomic E-state index is -0.148. The normalized spacial score (nSPS) is 18.3. The summed E-state index contributed by atoms with van der Waals surface area (Å²) >= 11 is 1.44. The van der Waals surface area contributed by atoms with E-state index in [0.717, 1.165) is 33.1 Å². The van der Waals surface area contributed by atoms with Crippen LogP contribution in [-0.2, 0) is 0 Å². The Hall–Kier alpha value is -3.28. The van der Waals surface area contributed by atoms with Crippen molar-refractivity contribution in [2.75, 3.05) is 18.4 Å². The molecule has 0 spiro atoms. The first-order valence-corrected chi connectivity index (χ1v) is 11.4. The van der Waals surface area contributed by atoms with Crippen LogP contribution in [0.3, 0.4) is 0 Å². The van der Waals surface area contributed by atoms with Gasteiger partial charge >= 0.3 is 6.03 Å². The van der Waals surface area contributed by atoms with Crippen molar-refractivity contribution in [2.45, 2.75) is 39.8 Å². The highest BCUT2D eigenvalue weighted by molar-refractivity contribution is 7.19. The molecule has 2 unspecified atom stereocenters. The lowest BCUT2D eigenvalue weighted by Gasteiger charge is -2.35. The van der Waals surface area contributed by atoms with Crippen LogP contribution in [-0.4, -0.2) is 46.1 Å². The predicted octanol–water partition coefficient (Wildman–Crippen LogP) is 4.57. The van der Waals surface area contributed by atoms with Gasteiger partial charge in [0.2, 0.25) is 0 Å². The van der Waals surface area contributed by atoms with Crippen molar-refractivity contribution >= 4 is 22.5 Å². The molecule has 0 saturated carbocycles. The number of hydrogen-bond donors (Lipinski definition) is 2. The molecule has 2 aromatic heterocycles. The van der Waals surface area contributed by atoms with Crippen molar-refractivity contribution in [3.8, 4) is 27.8 Å². The summed E-state index contributed by atoms with van der Waals surface area (Å²) < 4.78 is 0. The van der Waals surface area contributed by atoms with Gasteiger partial charge in [-0.25, -0.2) is 9.78 Å². The number of piperazine rings is 1. The summed E-state index contributed by atoms with van der Waals surface area (Å²) in [4.78, 5) is 25.0. The quantitative estimate of drug-likeness (QED) is 0.614. The lowest BCUT2D eigenvalue weighted by molar-refractivity contribution is 0.176. The molecule has 2 atom stereocenters. The summed E-state index contributed by atoms with van der Waals surface area (Å²) in [7, 11) is 0. The van der Waals surface area contributed by atoms with Gasteiger partial charge in [-0.05, 0) is 57.5 Å². The van der Waals surface area contributed by atoms with Crippen LogP contribution in [0, 0.1) is 25.2 Å². The molecule has 0 bridgehead atoms. The van der Waals surface area contributed by atoms with Crippen molar-refractivity contribution in [2.24, 2.45) is 0 Å². The third-order valence-electron chi connectivity index (χ3n) is 5.29. The molecule has 8 heteroatoms. The van der Waals surface area contributed by atoms with Crippen molar-refractivity contribution < 1.29 is 4.79 Å². The molecule has 0 aliphatic carbocycles. The summed E-state index contributed by atoms with van der Waals surface area (Å²) in [5.41, 5.74) is 4.98. The Bertz CT molecular complexity index is 1170. The number of nitriles is 1. The van der Waals surface area contributed by atoms with E-state index in [0.29, 0.717) is 23.8 Å².